The molecule has 82 valence electrons. The van der Waals surface area contributed by atoms with E-state index in [-0.39, 0.29) is 0 Å². The van der Waals surface area contributed by atoms with Crippen LogP contribution in [-0.4, -0.2) is 20.2 Å². The van der Waals surface area contributed by atoms with Gasteiger partial charge in [0.2, 0.25) is 0 Å². The molecule has 15 heavy (non-hydrogen) atoms. The maximum absolute atomic E-state index is 5.26. The van der Waals surface area contributed by atoms with Crippen molar-refractivity contribution in [2.75, 3.05) is 20.2 Å². The summed E-state index contributed by atoms with van der Waals surface area (Å²) in [7, 11) is 1.72. The summed E-state index contributed by atoms with van der Waals surface area (Å²) in [5.74, 6) is 1.54. The zero-order valence-electron chi connectivity index (χ0n) is 9.71. The minimum Gasteiger partial charge on any atom is -0.497 e. The smallest absolute Gasteiger partial charge is 0.119 e. The van der Waals surface area contributed by atoms with E-state index in [1.54, 1.807) is 7.11 Å². The molecule has 0 amide bonds. The molecule has 1 heterocycles. The van der Waals surface area contributed by atoms with E-state index >= 15 is 0 Å². The van der Waals surface area contributed by atoms with Crippen LogP contribution in [0.2, 0.25) is 0 Å². The molecule has 2 nitrogen and oxygen atoms in total. The summed E-state index contributed by atoms with van der Waals surface area (Å²) in [6.45, 7) is 6.79. The van der Waals surface area contributed by atoms with Crippen LogP contribution in [0.15, 0.2) is 24.3 Å². The van der Waals surface area contributed by atoms with Crippen molar-refractivity contribution in [3.63, 3.8) is 0 Å². The fourth-order valence-electron chi connectivity index (χ4n) is 2.37. The van der Waals surface area contributed by atoms with Crippen molar-refractivity contribution in [1.29, 1.82) is 0 Å². The van der Waals surface area contributed by atoms with Crippen LogP contribution in [0.3, 0.4) is 0 Å². The molecule has 0 aromatic heterocycles. The van der Waals surface area contributed by atoms with Gasteiger partial charge in [-0.05, 0) is 23.1 Å². The van der Waals surface area contributed by atoms with Crippen LogP contribution in [0.4, 0.5) is 0 Å². The molecule has 1 saturated heterocycles. The SMILES string of the molecule is COc1cccc(C2CNCC2(C)C)c1. The highest BCUT2D eigenvalue weighted by Gasteiger charge is 2.35. The summed E-state index contributed by atoms with van der Waals surface area (Å²) in [5.41, 5.74) is 1.72. The van der Waals surface area contributed by atoms with Gasteiger partial charge >= 0.3 is 0 Å². The lowest BCUT2D eigenvalue weighted by molar-refractivity contribution is 0.361. The second-order valence-electron chi connectivity index (χ2n) is 4.95. The number of hydrogen-bond donors (Lipinski definition) is 1. The highest BCUT2D eigenvalue weighted by molar-refractivity contribution is 5.32. The van der Waals surface area contributed by atoms with Gasteiger partial charge < -0.3 is 10.1 Å². The van der Waals surface area contributed by atoms with Crippen molar-refractivity contribution in [2.45, 2.75) is 19.8 Å². The van der Waals surface area contributed by atoms with Gasteiger partial charge in [-0.25, -0.2) is 0 Å². The molecule has 1 atom stereocenters. The standard InChI is InChI=1S/C13H19NO/c1-13(2)9-14-8-12(13)10-5-4-6-11(7-10)15-3/h4-7,12,14H,8-9H2,1-3H3. The summed E-state index contributed by atoms with van der Waals surface area (Å²) < 4.78 is 5.26. The molecule has 1 fully saturated rings. The second-order valence-corrected chi connectivity index (χ2v) is 4.95. The summed E-state index contributed by atoms with van der Waals surface area (Å²) in [5, 5.41) is 3.46. The van der Waals surface area contributed by atoms with Crippen molar-refractivity contribution in [3.05, 3.63) is 29.8 Å². The van der Waals surface area contributed by atoms with Crippen molar-refractivity contribution >= 4 is 0 Å². The molecule has 1 unspecified atom stereocenters. The van der Waals surface area contributed by atoms with Gasteiger partial charge in [0.15, 0.2) is 0 Å². The summed E-state index contributed by atoms with van der Waals surface area (Å²) >= 11 is 0. The van der Waals surface area contributed by atoms with Gasteiger partial charge in [-0.3, -0.25) is 0 Å². The predicted octanol–water partition coefficient (Wildman–Crippen LogP) is 2.41. The third kappa shape index (κ3) is 2.00. The van der Waals surface area contributed by atoms with E-state index in [9.17, 15) is 0 Å². The van der Waals surface area contributed by atoms with Gasteiger partial charge in [0, 0.05) is 19.0 Å². The lowest BCUT2D eigenvalue weighted by Crippen LogP contribution is -2.20. The molecule has 1 aromatic carbocycles. The maximum atomic E-state index is 5.26. The van der Waals surface area contributed by atoms with Crippen LogP contribution < -0.4 is 10.1 Å². The fraction of sp³-hybridized carbons (Fsp3) is 0.538. The quantitative estimate of drug-likeness (QED) is 0.800. The normalized spacial score (nSPS) is 24.1. The van der Waals surface area contributed by atoms with E-state index in [1.807, 2.05) is 6.07 Å². The highest BCUT2D eigenvalue weighted by atomic mass is 16.5. The maximum Gasteiger partial charge on any atom is 0.119 e. The van der Waals surface area contributed by atoms with E-state index in [0.717, 1.165) is 18.8 Å². The van der Waals surface area contributed by atoms with Gasteiger partial charge in [0.05, 0.1) is 7.11 Å². The van der Waals surface area contributed by atoms with Crippen molar-refractivity contribution < 1.29 is 4.74 Å². The Hall–Kier alpha value is -1.02. The molecule has 2 heteroatoms. The van der Waals surface area contributed by atoms with E-state index < -0.39 is 0 Å². The third-order valence-corrected chi connectivity index (χ3v) is 3.37. The molecular formula is C13H19NO. The lowest BCUT2D eigenvalue weighted by Gasteiger charge is -2.26. The minimum absolute atomic E-state index is 0.340. The van der Waals surface area contributed by atoms with Gasteiger partial charge in [-0.2, -0.15) is 0 Å². The Morgan fingerprint density at radius 2 is 2.20 bits per heavy atom. The number of benzene rings is 1. The largest absolute Gasteiger partial charge is 0.497 e. The molecule has 0 aliphatic carbocycles. The number of nitrogens with one attached hydrogen (secondary N) is 1. The summed E-state index contributed by atoms with van der Waals surface area (Å²) in [6, 6.07) is 8.42. The Kier molecular flexibility index (Phi) is 2.70. The van der Waals surface area contributed by atoms with Crippen molar-refractivity contribution in [1.82, 2.24) is 5.32 Å². The van der Waals surface area contributed by atoms with Gasteiger partial charge in [-0.1, -0.05) is 26.0 Å². The van der Waals surface area contributed by atoms with Crippen LogP contribution in [-0.2, 0) is 0 Å². The minimum atomic E-state index is 0.340. The summed E-state index contributed by atoms with van der Waals surface area (Å²) in [6.07, 6.45) is 0. The monoisotopic (exact) mass is 205 g/mol. The van der Waals surface area contributed by atoms with Gasteiger partial charge in [0.1, 0.15) is 5.75 Å². The third-order valence-electron chi connectivity index (χ3n) is 3.37. The molecule has 1 aliphatic heterocycles. The van der Waals surface area contributed by atoms with Crippen molar-refractivity contribution in [3.8, 4) is 5.75 Å². The molecule has 1 N–H and O–H groups in total. The molecular weight excluding hydrogens is 186 g/mol. The molecule has 0 bridgehead atoms. The topological polar surface area (TPSA) is 21.3 Å². The Bertz CT molecular complexity index is 346. The Balaban J connectivity index is 2.29. The first-order valence-electron chi connectivity index (χ1n) is 5.48. The Labute approximate surface area is 91.6 Å². The highest BCUT2D eigenvalue weighted by Crippen LogP contribution is 2.39. The number of methoxy groups -OCH3 is 1. The zero-order valence-corrected chi connectivity index (χ0v) is 9.71. The molecule has 0 spiro atoms. The molecule has 1 aliphatic rings. The van der Waals surface area contributed by atoms with Crippen LogP contribution >= 0.6 is 0 Å². The Morgan fingerprint density at radius 3 is 2.80 bits per heavy atom. The lowest BCUT2D eigenvalue weighted by atomic mass is 9.78. The van der Waals surface area contributed by atoms with E-state index in [1.165, 1.54) is 5.56 Å². The zero-order chi connectivity index (χ0) is 10.9. The van der Waals surface area contributed by atoms with E-state index in [2.05, 4.69) is 37.4 Å². The van der Waals surface area contributed by atoms with Crippen LogP contribution in [0, 0.1) is 5.41 Å². The molecule has 2 rings (SSSR count). The number of hydrogen-bond acceptors (Lipinski definition) is 2. The number of ether oxygens (including phenoxy) is 1. The van der Waals surface area contributed by atoms with Gasteiger partial charge in [-0.15, -0.1) is 0 Å². The van der Waals surface area contributed by atoms with Crippen molar-refractivity contribution in [2.24, 2.45) is 5.41 Å². The average Bonchev–Trinajstić information content (AvgIpc) is 2.58. The van der Waals surface area contributed by atoms with Crippen LogP contribution in [0.5, 0.6) is 5.75 Å². The van der Waals surface area contributed by atoms with E-state index in [4.69, 9.17) is 4.74 Å². The number of rotatable bonds is 2. The predicted molar refractivity (Wildman–Crippen MR) is 62.4 cm³/mol. The molecule has 1 aromatic rings. The first-order valence-corrected chi connectivity index (χ1v) is 5.48. The Morgan fingerprint density at radius 1 is 1.40 bits per heavy atom. The van der Waals surface area contributed by atoms with E-state index in [0.29, 0.717) is 11.3 Å². The second kappa shape index (κ2) is 3.86. The fourth-order valence-corrected chi connectivity index (χ4v) is 2.37. The molecule has 0 saturated carbocycles. The van der Waals surface area contributed by atoms with Crippen LogP contribution in [0.1, 0.15) is 25.3 Å². The molecule has 0 radical (unpaired) electrons. The van der Waals surface area contributed by atoms with Crippen LogP contribution in [0.25, 0.3) is 0 Å². The first-order chi connectivity index (χ1) is 7.13. The first kappa shape index (κ1) is 10.5. The average molecular weight is 205 g/mol. The summed E-state index contributed by atoms with van der Waals surface area (Å²) in [4.78, 5) is 0. The van der Waals surface area contributed by atoms with Gasteiger partial charge in [0.25, 0.3) is 0 Å².